The fourth-order valence-electron chi connectivity index (χ4n) is 5.62. The van der Waals surface area contributed by atoms with Crippen molar-refractivity contribution in [3.63, 3.8) is 0 Å². The van der Waals surface area contributed by atoms with E-state index in [4.69, 9.17) is 11.6 Å². The minimum Gasteiger partial charge on any atom is -0.352 e. The van der Waals surface area contributed by atoms with Gasteiger partial charge in [0, 0.05) is 24.6 Å². The minimum atomic E-state index is -4.39. The van der Waals surface area contributed by atoms with Gasteiger partial charge in [-0.3, -0.25) is 13.9 Å². The lowest BCUT2D eigenvalue weighted by molar-refractivity contribution is -0.140. The Labute approximate surface area is 272 Å². The summed E-state index contributed by atoms with van der Waals surface area (Å²) in [5.74, 6) is -2.51. The highest BCUT2D eigenvalue weighted by Crippen LogP contribution is 2.29. The van der Waals surface area contributed by atoms with Crippen LogP contribution in [-0.4, -0.2) is 43.8 Å². The molecule has 11 heteroatoms. The van der Waals surface area contributed by atoms with Gasteiger partial charge < -0.3 is 10.2 Å². The summed E-state index contributed by atoms with van der Waals surface area (Å²) in [5.41, 5.74) is 0.869. The Bertz CT molecular complexity index is 1770. The Balaban J connectivity index is 1.58. The number of hydrogen-bond acceptors (Lipinski definition) is 4. The van der Waals surface area contributed by atoms with E-state index in [0.717, 1.165) is 47.7 Å². The molecule has 240 valence electrons. The van der Waals surface area contributed by atoms with Gasteiger partial charge in [-0.15, -0.1) is 0 Å². The number of halogens is 3. The number of hydrogen-bond donors (Lipinski definition) is 1. The van der Waals surface area contributed by atoms with Gasteiger partial charge in [0.1, 0.15) is 24.2 Å². The third kappa shape index (κ3) is 7.92. The zero-order valence-electron chi connectivity index (χ0n) is 25.0. The van der Waals surface area contributed by atoms with Crippen molar-refractivity contribution >= 4 is 39.1 Å². The summed E-state index contributed by atoms with van der Waals surface area (Å²) in [7, 11) is -4.39. The molecule has 2 amide bonds. The van der Waals surface area contributed by atoms with E-state index in [1.807, 2.05) is 30.3 Å². The van der Waals surface area contributed by atoms with Crippen molar-refractivity contribution < 1.29 is 26.8 Å². The molecule has 0 unspecified atom stereocenters. The van der Waals surface area contributed by atoms with Crippen LogP contribution in [0.15, 0.2) is 108 Å². The van der Waals surface area contributed by atoms with Gasteiger partial charge in [-0.1, -0.05) is 91.2 Å². The highest BCUT2D eigenvalue weighted by atomic mass is 35.5. The summed E-state index contributed by atoms with van der Waals surface area (Å²) >= 11 is 6.05. The Hall–Kier alpha value is -4.28. The summed E-state index contributed by atoms with van der Waals surface area (Å²) in [4.78, 5) is 29.6. The SMILES string of the molecule is O=C(NC1CCCC1)[C@H](Cc1ccccc1)N(Cc1ccccc1F)C(=O)CN(c1ccc(F)c(Cl)c1)S(=O)(=O)c1ccccc1. The van der Waals surface area contributed by atoms with E-state index >= 15 is 4.39 Å². The van der Waals surface area contributed by atoms with Crippen molar-refractivity contribution in [3.8, 4) is 0 Å². The molecule has 0 radical (unpaired) electrons. The number of nitrogens with one attached hydrogen (secondary N) is 1. The molecule has 5 rings (SSSR count). The molecule has 1 saturated carbocycles. The van der Waals surface area contributed by atoms with Gasteiger partial charge >= 0.3 is 0 Å². The maximum atomic E-state index is 15.1. The molecule has 0 aromatic heterocycles. The van der Waals surface area contributed by atoms with Crippen LogP contribution in [0.5, 0.6) is 0 Å². The van der Waals surface area contributed by atoms with Gasteiger partial charge in [-0.2, -0.15) is 0 Å². The van der Waals surface area contributed by atoms with Gasteiger partial charge in [0.05, 0.1) is 15.6 Å². The van der Waals surface area contributed by atoms with Crippen molar-refractivity contribution in [3.05, 3.63) is 131 Å². The normalized spacial score (nSPS) is 14.1. The lowest BCUT2D eigenvalue weighted by Gasteiger charge is -2.34. The van der Waals surface area contributed by atoms with Crippen LogP contribution in [0.3, 0.4) is 0 Å². The number of anilines is 1. The number of carbonyl (C=O) groups excluding carboxylic acids is 2. The quantitative estimate of drug-likeness (QED) is 0.187. The molecule has 4 aromatic rings. The number of sulfonamides is 1. The van der Waals surface area contributed by atoms with E-state index in [2.05, 4.69) is 5.32 Å². The van der Waals surface area contributed by atoms with Crippen molar-refractivity contribution in [1.29, 1.82) is 0 Å². The highest BCUT2D eigenvalue weighted by Gasteiger charge is 2.36. The number of nitrogens with zero attached hydrogens (tertiary/aromatic N) is 2. The first kappa shape index (κ1) is 33.1. The Morgan fingerprint density at radius 1 is 0.848 bits per heavy atom. The van der Waals surface area contributed by atoms with E-state index in [9.17, 15) is 22.4 Å². The van der Waals surface area contributed by atoms with E-state index in [1.54, 1.807) is 12.1 Å². The van der Waals surface area contributed by atoms with E-state index in [0.29, 0.717) is 0 Å². The molecule has 7 nitrogen and oxygen atoms in total. The summed E-state index contributed by atoms with van der Waals surface area (Å²) in [6.45, 7) is -1.07. The molecule has 46 heavy (non-hydrogen) atoms. The first-order valence-corrected chi connectivity index (χ1v) is 16.9. The minimum absolute atomic E-state index is 0.0514. The smallest absolute Gasteiger partial charge is 0.264 e. The van der Waals surface area contributed by atoms with Crippen LogP contribution >= 0.6 is 11.6 Å². The molecule has 4 aromatic carbocycles. The second-order valence-corrected chi connectivity index (χ2v) is 13.5. The molecule has 0 heterocycles. The van der Waals surface area contributed by atoms with Gasteiger partial charge in [0.15, 0.2) is 0 Å². The second kappa shape index (κ2) is 14.9. The topological polar surface area (TPSA) is 86.8 Å². The fraction of sp³-hybridized carbons (Fsp3) is 0.257. The number of carbonyl (C=O) groups is 2. The van der Waals surface area contributed by atoms with E-state index in [1.165, 1.54) is 53.4 Å². The predicted octanol–water partition coefficient (Wildman–Crippen LogP) is 6.51. The molecule has 1 aliphatic carbocycles. The van der Waals surface area contributed by atoms with Crippen molar-refractivity contribution in [2.24, 2.45) is 0 Å². The average molecular weight is 666 g/mol. The first-order valence-electron chi connectivity index (χ1n) is 15.0. The van der Waals surface area contributed by atoms with Crippen LogP contribution in [0, 0.1) is 11.6 Å². The lowest BCUT2D eigenvalue weighted by atomic mass is 10.0. The largest absolute Gasteiger partial charge is 0.352 e. The summed E-state index contributed by atoms with van der Waals surface area (Å²) in [5, 5.41) is 2.74. The second-order valence-electron chi connectivity index (χ2n) is 11.2. The summed E-state index contributed by atoms with van der Waals surface area (Å²) in [6, 6.07) is 24.7. The molecule has 1 fully saturated rings. The van der Waals surface area contributed by atoms with Crippen LogP contribution in [0.2, 0.25) is 5.02 Å². The Morgan fingerprint density at radius 3 is 2.13 bits per heavy atom. The molecule has 0 spiro atoms. The standard InChI is InChI=1S/C35H34ClF2N3O4S/c36-30-22-28(19-20-32(30)38)41(46(44,45)29-16-5-2-6-17-29)24-34(42)40(23-26-13-7-10-18-31(26)37)33(21-25-11-3-1-4-12-25)35(43)39-27-14-8-9-15-27/h1-7,10-13,16-20,22,27,33H,8-9,14-15,21,23-24H2,(H,39,43)/t33-/m0/s1. The number of benzene rings is 4. The van der Waals surface area contributed by atoms with Crippen LogP contribution in [0.1, 0.15) is 36.8 Å². The van der Waals surface area contributed by atoms with Crippen LogP contribution in [-0.2, 0) is 32.6 Å². The van der Waals surface area contributed by atoms with Crippen LogP contribution < -0.4 is 9.62 Å². The average Bonchev–Trinajstić information content (AvgIpc) is 3.57. The highest BCUT2D eigenvalue weighted by molar-refractivity contribution is 7.92. The molecular formula is C35H34ClF2N3O4S. The molecular weight excluding hydrogens is 632 g/mol. The third-order valence-electron chi connectivity index (χ3n) is 8.07. The molecule has 1 atom stereocenters. The Kier molecular flexibility index (Phi) is 10.7. The van der Waals surface area contributed by atoms with Crippen molar-refractivity contribution in [2.45, 2.75) is 55.6 Å². The van der Waals surface area contributed by atoms with Gasteiger partial charge in [-0.25, -0.2) is 17.2 Å². The fourth-order valence-corrected chi connectivity index (χ4v) is 7.22. The number of amides is 2. The monoisotopic (exact) mass is 665 g/mol. The third-order valence-corrected chi connectivity index (χ3v) is 10.2. The molecule has 0 aliphatic heterocycles. The molecule has 0 bridgehead atoms. The maximum Gasteiger partial charge on any atom is 0.264 e. The van der Waals surface area contributed by atoms with Gasteiger partial charge in [0.2, 0.25) is 11.8 Å². The van der Waals surface area contributed by atoms with Crippen molar-refractivity contribution in [1.82, 2.24) is 10.2 Å². The first-order chi connectivity index (χ1) is 22.1. The van der Waals surface area contributed by atoms with Crippen molar-refractivity contribution in [2.75, 3.05) is 10.8 Å². The maximum absolute atomic E-state index is 15.1. The Morgan fingerprint density at radius 2 is 1.48 bits per heavy atom. The molecule has 1 N–H and O–H groups in total. The van der Waals surface area contributed by atoms with Gasteiger partial charge in [-0.05, 0) is 54.8 Å². The van der Waals surface area contributed by atoms with Crippen LogP contribution in [0.25, 0.3) is 0 Å². The lowest BCUT2D eigenvalue weighted by Crippen LogP contribution is -2.54. The van der Waals surface area contributed by atoms with Crippen LogP contribution in [0.4, 0.5) is 14.5 Å². The summed E-state index contributed by atoms with van der Waals surface area (Å²) < 4.78 is 58.1. The molecule has 1 aliphatic rings. The molecule has 0 saturated heterocycles. The predicted molar refractivity (Wildman–Crippen MR) is 174 cm³/mol. The van der Waals surface area contributed by atoms with Gasteiger partial charge in [0.25, 0.3) is 10.0 Å². The van der Waals surface area contributed by atoms with E-state index in [-0.39, 0.29) is 40.2 Å². The number of rotatable bonds is 12. The van der Waals surface area contributed by atoms with E-state index < -0.39 is 46.1 Å². The zero-order valence-corrected chi connectivity index (χ0v) is 26.6. The zero-order chi connectivity index (χ0) is 32.7. The summed E-state index contributed by atoms with van der Waals surface area (Å²) in [6.07, 6.45) is 3.66.